The zero-order chi connectivity index (χ0) is 24.5. The highest BCUT2D eigenvalue weighted by molar-refractivity contribution is 5.66. The Morgan fingerprint density at radius 2 is 1.74 bits per heavy atom. The molecule has 0 radical (unpaired) electrons. The number of hydrogen-bond donors (Lipinski definition) is 2. The Kier molecular flexibility index (Phi) is 9.49. The fourth-order valence-corrected chi connectivity index (χ4v) is 5.30. The second-order valence-electron chi connectivity index (χ2n) is 9.51. The molecule has 1 aliphatic carbocycles. The van der Waals surface area contributed by atoms with Crippen molar-refractivity contribution < 1.29 is 24.5 Å². The lowest BCUT2D eigenvalue weighted by Gasteiger charge is -2.37. The Morgan fingerprint density at radius 1 is 1.03 bits per heavy atom. The van der Waals surface area contributed by atoms with Crippen molar-refractivity contribution in [1.29, 1.82) is 0 Å². The van der Waals surface area contributed by atoms with E-state index in [2.05, 4.69) is 53.5 Å². The zero-order valence-electron chi connectivity index (χ0n) is 20.3. The van der Waals surface area contributed by atoms with E-state index in [4.69, 9.17) is 14.6 Å². The number of rotatable bonds is 11. The van der Waals surface area contributed by atoms with E-state index in [1.807, 2.05) is 18.2 Å². The molecule has 1 saturated carbocycles. The van der Waals surface area contributed by atoms with Crippen molar-refractivity contribution >= 4 is 5.97 Å². The third-order valence-corrected chi connectivity index (χ3v) is 7.11. The summed E-state index contributed by atoms with van der Waals surface area (Å²) < 4.78 is 12.0. The number of hydrogen-bond acceptors (Lipinski definition) is 5. The average molecular weight is 480 g/mol. The maximum atomic E-state index is 11.0. The second-order valence-corrected chi connectivity index (χ2v) is 9.51. The van der Waals surface area contributed by atoms with Crippen LogP contribution in [0.4, 0.5) is 0 Å². The molecule has 1 aliphatic heterocycles. The summed E-state index contributed by atoms with van der Waals surface area (Å²) in [7, 11) is 0. The molecule has 188 valence electrons. The van der Waals surface area contributed by atoms with Gasteiger partial charge in [0.1, 0.15) is 0 Å². The number of aliphatic hydroxyl groups excluding tert-OH is 1. The van der Waals surface area contributed by atoms with E-state index < -0.39 is 12.1 Å². The van der Waals surface area contributed by atoms with E-state index in [-0.39, 0.29) is 24.5 Å². The van der Waals surface area contributed by atoms with Gasteiger partial charge in [0.2, 0.25) is 0 Å². The number of ether oxygens (including phenoxy) is 2. The third-order valence-electron chi connectivity index (χ3n) is 7.11. The van der Waals surface area contributed by atoms with Crippen LogP contribution >= 0.6 is 0 Å². The van der Waals surface area contributed by atoms with Gasteiger partial charge in [-0.2, -0.15) is 0 Å². The average Bonchev–Trinajstić information content (AvgIpc) is 3.20. The maximum absolute atomic E-state index is 11.0. The second kappa shape index (κ2) is 13.0. The Hall–Kier alpha value is -2.51. The van der Waals surface area contributed by atoms with Crippen LogP contribution in [0.2, 0.25) is 0 Å². The van der Waals surface area contributed by atoms with Crippen molar-refractivity contribution in [3.05, 3.63) is 72.3 Å². The van der Waals surface area contributed by atoms with Crippen molar-refractivity contribution in [2.24, 2.45) is 5.92 Å². The molecule has 0 spiro atoms. The number of aliphatic carboxylic acids is 1. The van der Waals surface area contributed by atoms with Gasteiger partial charge in [-0.05, 0) is 36.0 Å². The standard InChI is InChI=1S/C29H37NO5/c31-26-20-27(35-21-22-12-14-24(15-13-22)23-8-4-3-5-9-23)25(10-6-1-2-7-11-28(32)33)29(26)30-16-18-34-19-17-30/h1,3-6,8-9,12-15,25-27,29,31H,2,7,10-11,16-21H2,(H,32,33)/b6-1-/t25-,26+,27-,29+/m0/s1. The van der Waals surface area contributed by atoms with Crippen molar-refractivity contribution in [2.75, 3.05) is 26.3 Å². The Morgan fingerprint density at radius 3 is 2.46 bits per heavy atom. The number of morpholine rings is 1. The fraction of sp³-hybridized carbons (Fsp3) is 0.483. The molecule has 0 aromatic heterocycles. The number of nitrogens with zero attached hydrogens (tertiary/aromatic N) is 1. The Balaban J connectivity index is 1.38. The van der Waals surface area contributed by atoms with Gasteiger partial charge in [-0.1, -0.05) is 66.7 Å². The summed E-state index contributed by atoms with van der Waals surface area (Å²) in [6, 6.07) is 18.9. The highest BCUT2D eigenvalue weighted by Crippen LogP contribution is 2.36. The molecule has 2 aromatic carbocycles. The number of aliphatic hydroxyl groups is 1. The summed E-state index contributed by atoms with van der Waals surface area (Å²) in [5.74, 6) is -0.572. The summed E-state index contributed by atoms with van der Waals surface area (Å²) in [5.41, 5.74) is 3.50. The lowest BCUT2D eigenvalue weighted by atomic mass is 9.94. The van der Waals surface area contributed by atoms with Gasteiger partial charge in [-0.15, -0.1) is 0 Å². The number of carboxylic acid groups (broad SMARTS) is 1. The topological polar surface area (TPSA) is 79.2 Å². The minimum Gasteiger partial charge on any atom is -0.481 e. The Labute approximate surface area is 208 Å². The van der Waals surface area contributed by atoms with Crippen LogP contribution < -0.4 is 0 Å². The van der Waals surface area contributed by atoms with Crippen LogP contribution in [0.1, 0.15) is 37.7 Å². The zero-order valence-corrected chi connectivity index (χ0v) is 20.3. The molecule has 2 aromatic rings. The normalized spacial score (nSPS) is 25.3. The van der Waals surface area contributed by atoms with E-state index in [0.717, 1.165) is 31.5 Å². The van der Waals surface area contributed by atoms with Gasteiger partial charge < -0.3 is 19.7 Å². The smallest absolute Gasteiger partial charge is 0.303 e. The fourth-order valence-electron chi connectivity index (χ4n) is 5.30. The van der Waals surface area contributed by atoms with Crippen molar-refractivity contribution in [3.8, 4) is 11.1 Å². The van der Waals surface area contributed by atoms with Gasteiger partial charge in [0, 0.05) is 37.9 Å². The minimum absolute atomic E-state index is 0.0321. The lowest BCUT2D eigenvalue weighted by molar-refractivity contribution is -0.137. The van der Waals surface area contributed by atoms with Gasteiger partial charge >= 0.3 is 5.97 Å². The molecular weight excluding hydrogens is 442 g/mol. The molecule has 6 heteroatoms. The molecular formula is C29H37NO5. The van der Waals surface area contributed by atoms with Gasteiger partial charge in [0.25, 0.3) is 0 Å². The van der Waals surface area contributed by atoms with Gasteiger partial charge in [0.15, 0.2) is 0 Å². The summed E-state index contributed by atoms with van der Waals surface area (Å²) in [6.45, 7) is 3.56. The minimum atomic E-state index is -0.755. The van der Waals surface area contributed by atoms with Gasteiger partial charge in [-0.3, -0.25) is 9.69 Å². The number of allylic oxidation sites excluding steroid dienone is 2. The van der Waals surface area contributed by atoms with Crippen molar-refractivity contribution in [1.82, 2.24) is 4.90 Å². The first kappa shape index (κ1) is 25.6. The van der Waals surface area contributed by atoms with Crippen LogP contribution in [0.3, 0.4) is 0 Å². The van der Waals surface area contributed by atoms with Crippen LogP contribution in [0.15, 0.2) is 66.7 Å². The maximum Gasteiger partial charge on any atom is 0.303 e. The first-order valence-electron chi connectivity index (χ1n) is 12.7. The summed E-state index contributed by atoms with van der Waals surface area (Å²) in [4.78, 5) is 13.1. The van der Waals surface area contributed by atoms with Crippen molar-refractivity contribution in [2.45, 2.75) is 57.0 Å². The van der Waals surface area contributed by atoms with E-state index in [1.165, 1.54) is 11.1 Å². The van der Waals surface area contributed by atoms with Crippen LogP contribution in [-0.4, -0.2) is 65.6 Å². The van der Waals surface area contributed by atoms with Crippen LogP contribution in [0, 0.1) is 5.92 Å². The molecule has 2 fully saturated rings. The monoisotopic (exact) mass is 479 g/mol. The molecule has 0 unspecified atom stereocenters. The first-order chi connectivity index (χ1) is 17.1. The molecule has 1 heterocycles. The van der Waals surface area contributed by atoms with Crippen LogP contribution in [0.5, 0.6) is 0 Å². The summed E-state index contributed by atoms with van der Waals surface area (Å²) in [5, 5.41) is 19.8. The van der Waals surface area contributed by atoms with E-state index in [0.29, 0.717) is 32.7 Å². The van der Waals surface area contributed by atoms with Crippen LogP contribution in [0.25, 0.3) is 11.1 Å². The molecule has 35 heavy (non-hydrogen) atoms. The molecule has 1 saturated heterocycles. The molecule has 2 N–H and O–H groups in total. The van der Waals surface area contributed by atoms with Gasteiger partial charge in [0.05, 0.1) is 32.0 Å². The molecule has 6 nitrogen and oxygen atoms in total. The van der Waals surface area contributed by atoms with E-state index in [1.54, 1.807) is 0 Å². The molecule has 4 atom stereocenters. The predicted octanol–water partition coefficient (Wildman–Crippen LogP) is 4.52. The predicted molar refractivity (Wildman–Crippen MR) is 136 cm³/mol. The number of carbonyl (C=O) groups is 1. The summed E-state index contributed by atoms with van der Waals surface area (Å²) in [6.07, 6.45) is 6.78. The first-order valence-corrected chi connectivity index (χ1v) is 12.7. The van der Waals surface area contributed by atoms with E-state index >= 15 is 0 Å². The Bertz CT molecular complexity index is 939. The van der Waals surface area contributed by atoms with Gasteiger partial charge in [-0.25, -0.2) is 0 Å². The quantitative estimate of drug-likeness (QED) is 0.364. The molecule has 0 amide bonds. The largest absolute Gasteiger partial charge is 0.481 e. The van der Waals surface area contributed by atoms with E-state index in [9.17, 15) is 9.90 Å². The molecule has 4 rings (SSSR count). The molecule has 2 aliphatic rings. The number of carboxylic acids is 1. The number of benzene rings is 2. The highest BCUT2D eigenvalue weighted by atomic mass is 16.5. The lowest BCUT2D eigenvalue weighted by Crippen LogP contribution is -2.50. The SMILES string of the molecule is O=C(O)CCC/C=C\C[C@@H]1[C@@H](N2CCOCC2)[C@H](O)C[C@@H]1OCc1ccc(-c2ccccc2)cc1. The highest BCUT2D eigenvalue weighted by Gasteiger charge is 2.45. The number of unbranched alkanes of at least 4 members (excludes halogenated alkanes) is 1. The van der Waals surface area contributed by atoms with Crippen LogP contribution in [-0.2, 0) is 20.9 Å². The summed E-state index contributed by atoms with van der Waals surface area (Å²) >= 11 is 0. The third kappa shape index (κ3) is 7.24. The molecule has 0 bridgehead atoms. The van der Waals surface area contributed by atoms with Crippen molar-refractivity contribution in [3.63, 3.8) is 0 Å².